The van der Waals surface area contributed by atoms with E-state index in [2.05, 4.69) is 0 Å². The number of ether oxygens (including phenoxy) is 1. The van der Waals surface area contributed by atoms with Gasteiger partial charge in [0, 0.05) is 43.7 Å². The van der Waals surface area contributed by atoms with Crippen molar-refractivity contribution in [3.05, 3.63) is 35.6 Å². The number of nitrogens with zero attached hydrogens (tertiary/aromatic N) is 4. The third-order valence-corrected chi connectivity index (χ3v) is 7.36. The minimum Gasteiger partial charge on any atom is -0.494 e. The Bertz CT molecular complexity index is 1510. The number of piperidine rings is 1. The van der Waals surface area contributed by atoms with Crippen LogP contribution >= 0.6 is 0 Å². The van der Waals surface area contributed by atoms with Gasteiger partial charge < -0.3 is 28.9 Å². The molecule has 1 unspecified atom stereocenters. The lowest BCUT2D eigenvalue weighted by Crippen LogP contribution is -2.45. The van der Waals surface area contributed by atoms with Crippen molar-refractivity contribution in [3.63, 3.8) is 0 Å². The fourth-order valence-electron chi connectivity index (χ4n) is 5.30. The van der Waals surface area contributed by atoms with Crippen molar-refractivity contribution in [2.24, 2.45) is 18.7 Å². The van der Waals surface area contributed by atoms with E-state index >= 15 is 0 Å². The second kappa shape index (κ2) is 8.54. The van der Waals surface area contributed by atoms with Gasteiger partial charge in [0.1, 0.15) is 11.3 Å². The first-order valence-corrected chi connectivity index (χ1v) is 12.4. The maximum Gasteiger partial charge on any atom is 0.449 e. The summed E-state index contributed by atoms with van der Waals surface area (Å²) in [6.45, 7) is 1.69. The molecule has 2 fully saturated rings. The molecule has 196 valence electrons. The van der Waals surface area contributed by atoms with Gasteiger partial charge in [0.05, 0.1) is 18.3 Å². The van der Waals surface area contributed by atoms with Gasteiger partial charge in [-0.25, -0.2) is 4.98 Å². The topological polar surface area (TPSA) is 91.5 Å². The summed E-state index contributed by atoms with van der Waals surface area (Å²) in [7, 11) is 3.36. The number of aryl methyl sites for hydroxylation is 1. The zero-order valence-corrected chi connectivity index (χ0v) is 20.6. The van der Waals surface area contributed by atoms with Crippen LogP contribution in [0.15, 0.2) is 28.7 Å². The fourth-order valence-corrected chi connectivity index (χ4v) is 5.30. The van der Waals surface area contributed by atoms with Gasteiger partial charge >= 0.3 is 6.18 Å². The number of amides is 1. The largest absolute Gasteiger partial charge is 0.494 e. The molecule has 1 saturated heterocycles. The number of nitrogens with two attached hydrogens (primary N) is 1. The number of alkyl halides is 3. The summed E-state index contributed by atoms with van der Waals surface area (Å²) in [5.74, 6) is 0.293. The van der Waals surface area contributed by atoms with E-state index in [1.165, 1.54) is 7.11 Å². The zero-order chi connectivity index (χ0) is 26.1. The number of carbonyl (C=O) groups excluding carboxylic acids is 1. The average molecular weight is 516 g/mol. The van der Waals surface area contributed by atoms with Gasteiger partial charge in [-0.15, -0.1) is 0 Å². The van der Waals surface area contributed by atoms with E-state index < -0.39 is 11.9 Å². The Morgan fingerprint density at radius 1 is 1.22 bits per heavy atom. The molecule has 11 heteroatoms. The van der Waals surface area contributed by atoms with Crippen LogP contribution in [-0.2, 0) is 19.8 Å². The Kier molecular flexibility index (Phi) is 5.52. The van der Waals surface area contributed by atoms with Crippen LogP contribution in [0, 0.1) is 5.92 Å². The zero-order valence-electron chi connectivity index (χ0n) is 20.6. The number of hydrogen-bond acceptors (Lipinski definition) is 5. The number of benzene rings is 1. The van der Waals surface area contributed by atoms with Crippen molar-refractivity contribution in [2.45, 2.75) is 44.4 Å². The summed E-state index contributed by atoms with van der Waals surface area (Å²) in [5.41, 5.74) is 8.63. The number of aromatic nitrogens is 3. The Balaban J connectivity index is 1.46. The van der Waals surface area contributed by atoms with Crippen LogP contribution in [0.4, 0.5) is 13.2 Å². The van der Waals surface area contributed by atoms with Gasteiger partial charge in [0.25, 0.3) is 5.91 Å². The molecule has 1 aliphatic heterocycles. The second-order valence-corrected chi connectivity index (χ2v) is 10.1. The van der Waals surface area contributed by atoms with Crippen LogP contribution in [0.5, 0.6) is 5.75 Å². The van der Waals surface area contributed by atoms with E-state index in [1.807, 2.05) is 11.6 Å². The first-order valence-electron chi connectivity index (χ1n) is 12.4. The summed E-state index contributed by atoms with van der Waals surface area (Å²) >= 11 is 0. The van der Waals surface area contributed by atoms with Crippen LogP contribution in [0.3, 0.4) is 0 Å². The van der Waals surface area contributed by atoms with Crippen molar-refractivity contribution in [1.82, 2.24) is 19.0 Å². The van der Waals surface area contributed by atoms with Crippen molar-refractivity contribution in [3.8, 4) is 17.3 Å². The SMILES string of the molecule is COc1cc(C(=O)N2CCCC(N)C2)cc2nc(-c3cc4cc(C(F)(F)F)oc4n3CC3CC3)n(C)c12. The van der Waals surface area contributed by atoms with Gasteiger partial charge in [0.2, 0.25) is 11.5 Å². The maximum absolute atomic E-state index is 13.3. The van der Waals surface area contributed by atoms with Crippen LogP contribution in [0.25, 0.3) is 33.7 Å². The molecule has 1 aromatic carbocycles. The number of likely N-dealkylation sites (tertiary alicyclic amines) is 1. The molecule has 2 aliphatic rings. The minimum absolute atomic E-state index is 0.0416. The Morgan fingerprint density at radius 2 is 2.00 bits per heavy atom. The van der Waals surface area contributed by atoms with Gasteiger partial charge in [-0.1, -0.05) is 0 Å². The van der Waals surface area contributed by atoms with E-state index in [-0.39, 0.29) is 17.7 Å². The highest BCUT2D eigenvalue weighted by atomic mass is 19.4. The lowest BCUT2D eigenvalue weighted by atomic mass is 10.0. The number of rotatable bonds is 5. The lowest BCUT2D eigenvalue weighted by Gasteiger charge is -2.30. The molecular formula is C26H28F3N5O3. The van der Waals surface area contributed by atoms with Gasteiger partial charge in [-0.2, -0.15) is 13.2 Å². The Morgan fingerprint density at radius 3 is 2.68 bits per heavy atom. The monoisotopic (exact) mass is 515 g/mol. The van der Waals surface area contributed by atoms with Crippen molar-refractivity contribution < 1.29 is 27.1 Å². The van der Waals surface area contributed by atoms with E-state index in [9.17, 15) is 18.0 Å². The fraction of sp³-hybridized carbons (Fsp3) is 0.462. The number of imidazole rings is 1. The number of furan rings is 1. The third-order valence-electron chi connectivity index (χ3n) is 7.36. The third kappa shape index (κ3) is 4.14. The number of hydrogen-bond donors (Lipinski definition) is 1. The molecule has 0 spiro atoms. The van der Waals surface area contributed by atoms with E-state index in [0.29, 0.717) is 64.8 Å². The molecule has 0 radical (unpaired) electrons. The summed E-state index contributed by atoms with van der Waals surface area (Å²) in [6.07, 6.45) is -0.767. The number of carbonyl (C=O) groups is 1. The quantitative estimate of drug-likeness (QED) is 0.413. The first-order chi connectivity index (χ1) is 17.6. The molecule has 4 heterocycles. The van der Waals surface area contributed by atoms with E-state index in [4.69, 9.17) is 19.9 Å². The standard InChI is InChI=1S/C26H28F3N5O3/c1-32-22-18(8-15(10-20(22)36-2)24(35)33-7-3-4-17(30)13-33)31-23(32)19-9-16-11-21(26(27,28)29)37-25(16)34(19)12-14-5-6-14/h8-11,14,17H,3-7,12-13,30H2,1-2H3. The van der Waals surface area contributed by atoms with Gasteiger partial charge in [-0.05, 0) is 55.9 Å². The molecule has 6 rings (SSSR count). The summed E-state index contributed by atoms with van der Waals surface area (Å²) in [6, 6.07) is 6.13. The maximum atomic E-state index is 13.3. The lowest BCUT2D eigenvalue weighted by molar-refractivity contribution is -0.152. The smallest absolute Gasteiger partial charge is 0.449 e. The predicted octanol–water partition coefficient (Wildman–Crippen LogP) is 4.79. The molecule has 8 nitrogen and oxygen atoms in total. The molecule has 37 heavy (non-hydrogen) atoms. The van der Waals surface area contributed by atoms with Gasteiger partial charge in [-0.3, -0.25) is 4.79 Å². The molecule has 3 aromatic heterocycles. The van der Waals surface area contributed by atoms with Crippen molar-refractivity contribution >= 4 is 28.0 Å². The van der Waals surface area contributed by atoms with Crippen LogP contribution in [0.2, 0.25) is 0 Å². The molecule has 1 aliphatic carbocycles. The van der Waals surface area contributed by atoms with Crippen LogP contribution in [0.1, 0.15) is 41.8 Å². The number of methoxy groups -OCH3 is 1. The Hall–Kier alpha value is -3.47. The Labute approximate surface area is 210 Å². The van der Waals surface area contributed by atoms with Crippen molar-refractivity contribution in [1.29, 1.82) is 0 Å². The average Bonchev–Trinajstić information content (AvgIpc) is 3.34. The highest BCUT2D eigenvalue weighted by molar-refractivity contribution is 6.00. The number of halogens is 3. The highest BCUT2D eigenvalue weighted by Crippen LogP contribution is 2.41. The van der Waals surface area contributed by atoms with Crippen LogP contribution < -0.4 is 10.5 Å². The molecular weight excluding hydrogens is 487 g/mol. The van der Waals surface area contributed by atoms with Crippen molar-refractivity contribution in [2.75, 3.05) is 20.2 Å². The predicted molar refractivity (Wildman–Crippen MR) is 131 cm³/mol. The van der Waals surface area contributed by atoms with Crippen LogP contribution in [-0.4, -0.2) is 51.2 Å². The molecule has 2 N–H and O–H groups in total. The first kappa shape index (κ1) is 23.9. The summed E-state index contributed by atoms with van der Waals surface area (Å²) in [5, 5.41) is 0.374. The molecule has 1 amide bonds. The molecule has 0 bridgehead atoms. The number of fused-ring (bicyclic) bond motifs is 2. The normalized spacial score (nSPS) is 18.8. The van der Waals surface area contributed by atoms with Gasteiger partial charge in [0.15, 0.2) is 5.82 Å². The summed E-state index contributed by atoms with van der Waals surface area (Å²) in [4.78, 5) is 19.9. The summed E-state index contributed by atoms with van der Waals surface area (Å²) < 4.78 is 54.5. The second-order valence-electron chi connectivity index (χ2n) is 10.1. The van der Waals surface area contributed by atoms with E-state index in [1.54, 1.807) is 27.7 Å². The highest BCUT2D eigenvalue weighted by Gasteiger charge is 2.37. The van der Waals surface area contributed by atoms with E-state index in [0.717, 1.165) is 31.7 Å². The molecule has 4 aromatic rings. The molecule has 1 atom stereocenters. The minimum atomic E-state index is -4.56. The molecule has 1 saturated carbocycles.